The number of anilines is 1. The van der Waals surface area contributed by atoms with Crippen LogP contribution in [0.3, 0.4) is 0 Å². The van der Waals surface area contributed by atoms with Crippen molar-refractivity contribution in [3.63, 3.8) is 0 Å². The van der Waals surface area contributed by atoms with Crippen molar-refractivity contribution in [2.75, 3.05) is 57.9 Å². The van der Waals surface area contributed by atoms with Crippen LogP contribution in [0.4, 0.5) is 5.69 Å². The van der Waals surface area contributed by atoms with Gasteiger partial charge >= 0.3 is 0 Å². The van der Waals surface area contributed by atoms with Crippen LogP contribution in [0, 0.1) is 0 Å². The van der Waals surface area contributed by atoms with E-state index in [2.05, 4.69) is 50.4 Å². The summed E-state index contributed by atoms with van der Waals surface area (Å²) >= 11 is 0. The van der Waals surface area contributed by atoms with Crippen LogP contribution in [0.2, 0.25) is 0 Å². The molecule has 7 heteroatoms. The van der Waals surface area contributed by atoms with Gasteiger partial charge in [0, 0.05) is 58.1 Å². The minimum atomic E-state index is 0. The molecule has 0 saturated carbocycles. The number of piperazine rings is 1. The summed E-state index contributed by atoms with van der Waals surface area (Å²) in [6, 6.07) is 10.8. The Bertz CT molecular complexity index is 491. The first-order valence-corrected chi connectivity index (χ1v) is 8.77. The number of halogens is 1. The molecule has 1 unspecified atom stereocenters. The molecule has 2 rings (SSSR count). The van der Waals surface area contributed by atoms with E-state index >= 15 is 0 Å². The minimum absolute atomic E-state index is 0. The van der Waals surface area contributed by atoms with Gasteiger partial charge in [0.15, 0.2) is 5.96 Å². The van der Waals surface area contributed by atoms with Crippen LogP contribution in [-0.4, -0.2) is 69.9 Å². The van der Waals surface area contributed by atoms with Gasteiger partial charge in [-0.2, -0.15) is 0 Å². The smallest absolute Gasteiger partial charge is 0.188 e. The van der Waals surface area contributed by atoms with Crippen molar-refractivity contribution in [1.82, 2.24) is 10.2 Å². The topological polar surface area (TPSA) is 66.1 Å². The fraction of sp³-hybridized carbons (Fsp3) is 0.611. The van der Waals surface area contributed by atoms with Crippen LogP contribution < -0.4 is 16.0 Å². The molecule has 25 heavy (non-hydrogen) atoms. The van der Waals surface area contributed by atoms with Gasteiger partial charge in [-0.05, 0) is 25.5 Å². The maximum Gasteiger partial charge on any atom is 0.188 e. The summed E-state index contributed by atoms with van der Waals surface area (Å²) in [5.74, 6) is 0.508. The highest BCUT2D eigenvalue weighted by molar-refractivity contribution is 14.0. The predicted molar refractivity (Wildman–Crippen MR) is 116 cm³/mol. The number of ether oxygens (including phenoxy) is 1. The molecule has 142 valence electrons. The number of benzene rings is 1. The number of hydrogen-bond donors (Lipinski definition) is 2. The third kappa shape index (κ3) is 8.24. The second kappa shape index (κ2) is 12.3. The summed E-state index contributed by atoms with van der Waals surface area (Å²) < 4.78 is 5.07. The molecule has 3 N–H and O–H groups in total. The molecule has 1 fully saturated rings. The Balaban J connectivity index is 0.00000312. The number of nitrogens with one attached hydrogen (secondary N) is 1. The molecular formula is C18H32IN5O. The van der Waals surface area contributed by atoms with Crippen molar-refractivity contribution in [3.05, 3.63) is 30.3 Å². The number of para-hydroxylation sites is 1. The number of aliphatic imine (C=N–C) groups is 1. The zero-order chi connectivity index (χ0) is 17.2. The lowest BCUT2D eigenvalue weighted by Gasteiger charge is -2.36. The van der Waals surface area contributed by atoms with Crippen molar-refractivity contribution in [1.29, 1.82) is 0 Å². The van der Waals surface area contributed by atoms with Crippen molar-refractivity contribution in [2.24, 2.45) is 10.7 Å². The van der Waals surface area contributed by atoms with Gasteiger partial charge in [-0.1, -0.05) is 18.2 Å². The average Bonchev–Trinajstić information content (AvgIpc) is 2.60. The zero-order valence-electron chi connectivity index (χ0n) is 15.4. The van der Waals surface area contributed by atoms with Crippen molar-refractivity contribution < 1.29 is 4.74 Å². The Morgan fingerprint density at radius 2 is 1.92 bits per heavy atom. The Morgan fingerprint density at radius 1 is 1.24 bits per heavy atom. The summed E-state index contributed by atoms with van der Waals surface area (Å²) in [6.45, 7) is 8.88. The third-order valence-corrected chi connectivity index (χ3v) is 4.22. The van der Waals surface area contributed by atoms with E-state index in [9.17, 15) is 0 Å². The minimum Gasteiger partial charge on any atom is -0.383 e. The lowest BCUT2D eigenvalue weighted by atomic mass is 10.2. The van der Waals surface area contributed by atoms with Gasteiger partial charge in [-0.3, -0.25) is 9.89 Å². The second-order valence-electron chi connectivity index (χ2n) is 6.29. The van der Waals surface area contributed by atoms with Crippen molar-refractivity contribution in [2.45, 2.75) is 19.4 Å². The maximum absolute atomic E-state index is 5.87. The molecule has 1 saturated heterocycles. The van der Waals surface area contributed by atoms with Gasteiger partial charge in [0.05, 0.1) is 6.61 Å². The van der Waals surface area contributed by atoms with Crippen LogP contribution in [0.1, 0.15) is 13.3 Å². The molecule has 0 spiro atoms. The Morgan fingerprint density at radius 3 is 2.56 bits per heavy atom. The fourth-order valence-electron chi connectivity index (χ4n) is 2.95. The molecule has 1 atom stereocenters. The molecule has 0 amide bonds. The van der Waals surface area contributed by atoms with Crippen molar-refractivity contribution >= 4 is 35.6 Å². The van der Waals surface area contributed by atoms with Crippen LogP contribution >= 0.6 is 24.0 Å². The van der Waals surface area contributed by atoms with Gasteiger partial charge < -0.3 is 20.7 Å². The molecule has 1 heterocycles. The molecule has 1 aliphatic heterocycles. The average molecular weight is 461 g/mol. The summed E-state index contributed by atoms with van der Waals surface area (Å²) in [6.07, 6.45) is 1.03. The van der Waals surface area contributed by atoms with E-state index in [-0.39, 0.29) is 30.0 Å². The van der Waals surface area contributed by atoms with Crippen LogP contribution in [-0.2, 0) is 4.74 Å². The highest BCUT2D eigenvalue weighted by Gasteiger charge is 2.16. The van der Waals surface area contributed by atoms with Crippen LogP contribution in [0.5, 0.6) is 0 Å². The Kier molecular flexibility index (Phi) is 10.8. The van der Waals surface area contributed by atoms with Gasteiger partial charge in [0.2, 0.25) is 0 Å². The van der Waals surface area contributed by atoms with E-state index in [0.29, 0.717) is 12.6 Å². The number of nitrogens with zero attached hydrogens (tertiary/aromatic N) is 3. The van der Waals surface area contributed by atoms with Gasteiger partial charge in [0.25, 0.3) is 0 Å². The summed E-state index contributed by atoms with van der Waals surface area (Å²) in [5, 5.41) is 3.13. The first-order valence-electron chi connectivity index (χ1n) is 8.77. The highest BCUT2D eigenvalue weighted by atomic mass is 127. The first-order chi connectivity index (χ1) is 11.7. The van der Waals surface area contributed by atoms with Gasteiger partial charge in [-0.15, -0.1) is 24.0 Å². The van der Waals surface area contributed by atoms with Crippen LogP contribution in [0.25, 0.3) is 0 Å². The molecule has 0 bridgehead atoms. The number of nitrogens with two attached hydrogens (primary N) is 1. The molecule has 0 aromatic heterocycles. The summed E-state index contributed by atoms with van der Waals surface area (Å²) in [4.78, 5) is 9.34. The molecule has 6 nitrogen and oxygen atoms in total. The van der Waals surface area contributed by atoms with Crippen molar-refractivity contribution in [3.8, 4) is 0 Å². The maximum atomic E-state index is 5.87. The SMILES string of the molecule is COCC(C)NC(N)=NCCCN1CCN(c2ccccc2)CC1.I. The molecule has 0 aliphatic carbocycles. The second-order valence-corrected chi connectivity index (χ2v) is 6.29. The third-order valence-electron chi connectivity index (χ3n) is 4.22. The van der Waals surface area contributed by atoms with E-state index in [1.54, 1.807) is 7.11 Å². The summed E-state index contributed by atoms with van der Waals surface area (Å²) in [5.41, 5.74) is 7.19. The number of hydrogen-bond acceptors (Lipinski definition) is 4. The Labute approximate surface area is 168 Å². The number of rotatable bonds is 8. The fourth-order valence-corrected chi connectivity index (χ4v) is 2.95. The van der Waals surface area contributed by atoms with Gasteiger partial charge in [-0.25, -0.2) is 0 Å². The van der Waals surface area contributed by atoms with E-state index in [1.165, 1.54) is 5.69 Å². The lowest BCUT2D eigenvalue weighted by molar-refractivity contribution is 0.179. The zero-order valence-corrected chi connectivity index (χ0v) is 17.7. The molecule has 1 aliphatic rings. The number of guanidine groups is 1. The standard InChI is InChI=1S/C18H31N5O.HI/c1-16(15-24-2)21-18(19)20-9-6-10-22-11-13-23(14-12-22)17-7-4-3-5-8-17;/h3-5,7-8,16H,6,9-15H2,1-2H3,(H3,19,20,21);1H. The largest absolute Gasteiger partial charge is 0.383 e. The number of methoxy groups -OCH3 is 1. The molecular weight excluding hydrogens is 429 g/mol. The normalized spacial score (nSPS) is 17.0. The van der Waals surface area contributed by atoms with Crippen LogP contribution in [0.15, 0.2) is 35.3 Å². The predicted octanol–water partition coefficient (Wildman–Crippen LogP) is 1.76. The molecule has 0 radical (unpaired) electrons. The monoisotopic (exact) mass is 461 g/mol. The molecule has 1 aromatic rings. The molecule has 1 aromatic carbocycles. The Hall–Kier alpha value is -1.06. The van der Waals surface area contributed by atoms with E-state index in [4.69, 9.17) is 10.5 Å². The summed E-state index contributed by atoms with van der Waals surface area (Å²) in [7, 11) is 1.68. The van der Waals surface area contributed by atoms with E-state index < -0.39 is 0 Å². The van der Waals surface area contributed by atoms with Gasteiger partial charge in [0.1, 0.15) is 0 Å². The lowest BCUT2D eigenvalue weighted by Crippen LogP contribution is -2.46. The first kappa shape index (κ1) is 22.0. The van der Waals surface area contributed by atoms with E-state index in [1.807, 2.05) is 6.92 Å². The van der Waals surface area contributed by atoms with E-state index in [0.717, 1.165) is 45.7 Å². The highest BCUT2D eigenvalue weighted by Crippen LogP contribution is 2.15. The quantitative estimate of drug-likeness (QED) is 0.267.